The minimum absolute atomic E-state index is 0.0440. The number of aromatic amines is 1. The molecule has 1 fully saturated rings. The van der Waals surface area contributed by atoms with E-state index in [1.165, 1.54) is 0 Å². The van der Waals surface area contributed by atoms with E-state index in [1.807, 2.05) is 19.9 Å². The highest BCUT2D eigenvalue weighted by molar-refractivity contribution is 9.11. The third kappa shape index (κ3) is 5.06. The zero-order valence-corrected chi connectivity index (χ0v) is 19.9. The van der Waals surface area contributed by atoms with Crippen molar-refractivity contribution in [2.24, 2.45) is 5.92 Å². The summed E-state index contributed by atoms with van der Waals surface area (Å²) in [6.07, 6.45) is 4.80. The summed E-state index contributed by atoms with van der Waals surface area (Å²) >= 11 is 3.65. The zero-order valence-electron chi connectivity index (χ0n) is 18.3. The highest BCUT2D eigenvalue weighted by atomic mass is 79.9. The van der Waals surface area contributed by atoms with E-state index in [0.29, 0.717) is 18.0 Å². The van der Waals surface area contributed by atoms with Crippen LogP contribution < -0.4 is 10.9 Å². The van der Waals surface area contributed by atoms with E-state index < -0.39 is 0 Å². The molecule has 1 aliphatic carbocycles. The van der Waals surface area contributed by atoms with Gasteiger partial charge in [0, 0.05) is 49.3 Å². The lowest BCUT2D eigenvalue weighted by Gasteiger charge is -2.39. The number of nitrogens with zero attached hydrogens (tertiary/aromatic N) is 1. The second-order valence-electron chi connectivity index (χ2n) is 8.21. The first-order chi connectivity index (χ1) is 14.3. The van der Waals surface area contributed by atoms with Crippen molar-refractivity contribution in [3.8, 4) is 0 Å². The van der Waals surface area contributed by atoms with Crippen LogP contribution in [0.1, 0.15) is 49.9 Å². The van der Waals surface area contributed by atoms with Crippen LogP contribution in [0.5, 0.6) is 0 Å². The van der Waals surface area contributed by atoms with Crippen molar-refractivity contribution in [2.45, 2.75) is 59.5 Å². The number of allylic oxidation sites excluding steroid dienone is 2. The number of carbonyl (C=O) groups excluding carboxylic acids is 1. The number of amides is 1. The Hall–Kier alpha value is -1.86. The summed E-state index contributed by atoms with van der Waals surface area (Å²) in [5.74, 6) is -0.296. The molecule has 2 aliphatic rings. The molecule has 1 aromatic rings. The van der Waals surface area contributed by atoms with Crippen LogP contribution in [-0.2, 0) is 16.1 Å². The molecule has 0 saturated carbocycles. The molecule has 1 aromatic heterocycles. The van der Waals surface area contributed by atoms with E-state index in [-0.39, 0.29) is 23.9 Å². The number of likely N-dealkylation sites (N-methyl/N-ethyl adjacent to an activating group) is 1. The summed E-state index contributed by atoms with van der Waals surface area (Å²) in [5, 5.41) is 3.00. The Labute approximate surface area is 186 Å². The molecule has 1 aliphatic heterocycles. The van der Waals surface area contributed by atoms with Gasteiger partial charge in [0.2, 0.25) is 5.91 Å². The van der Waals surface area contributed by atoms with Gasteiger partial charge in [0.05, 0.1) is 5.92 Å². The van der Waals surface area contributed by atoms with Gasteiger partial charge in [0.25, 0.3) is 5.56 Å². The maximum Gasteiger partial charge on any atom is 0.253 e. The molecule has 1 amide bonds. The van der Waals surface area contributed by atoms with E-state index >= 15 is 0 Å². The molecule has 2 heterocycles. The number of H-pyrrole nitrogens is 1. The molecule has 7 heteroatoms. The molecule has 0 spiro atoms. The molecule has 1 unspecified atom stereocenters. The van der Waals surface area contributed by atoms with Crippen LogP contribution in [0.3, 0.4) is 0 Å². The number of rotatable bonds is 6. The van der Waals surface area contributed by atoms with Crippen LogP contribution in [0.15, 0.2) is 32.7 Å². The monoisotopic (exact) mass is 477 g/mol. The Morgan fingerprint density at radius 2 is 2.00 bits per heavy atom. The molecule has 0 aromatic carbocycles. The predicted octanol–water partition coefficient (Wildman–Crippen LogP) is 3.68. The van der Waals surface area contributed by atoms with Crippen molar-refractivity contribution in [3.05, 3.63) is 55.1 Å². The minimum atomic E-state index is -0.252. The molecule has 30 heavy (non-hydrogen) atoms. The number of hydrogen-bond donors (Lipinski definition) is 2. The van der Waals surface area contributed by atoms with Crippen molar-refractivity contribution < 1.29 is 9.53 Å². The Balaban J connectivity index is 1.78. The maximum atomic E-state index is 13.1. The number of carbonyl (C=O) groups is 1. The van der Waals surface area contributed by atoms with Gasteiger partial charge in [0.1, 0.15) is 0 Å². The second-order valence-corrected chi connectivity index (χ2v) is 9.23. The van der Waals surface area contributed by atoms with Crippen molar-refractivity contribution in [3.63, 3.8) is 0 Å². The van der Waals surface area contributed by atoms with Gasteiger partial charge in [-0.25, -0.2) is 0 Å². The number of hydrogen-bond acceptors (Lipinski definition) is 4. The van der Waals surface area contributed by atoms with Crippen LogP contribution in [-0.4, -0.2) is 41.6 Å². The molecule has 0 bridgehead atoms. The molecule has 3 rings (SSSR count). The lowest BCUT2D eigenvalue weighted by molar-refractivity contribution is -0.124. The zero-order chi connectivity index (χ0) is 21.8. The molecule has 2 N–H and O–H groups in total. The first kappa shape index (κ1) is 22.8. The first-order valence-corrected chi connectivity index (χ1v) is 11.5. The Bertz CT molecular complexity index is 913. The molecular weight excluding hydrogens is 446 g/mol. The van der Waals surface area contributed by atoms with Crippen LogP contribution in [0.25, 0.3) is 0 Å². The summed E-state index contributed by atoms with van der Waals surface area (Å²) in [7, 11) is 0. The summed E-state index contributed by atoms with van der Waals surface area (Å²) in [6, 6.07) is 2.36. The number of ether oxygens (including phenoxy) is 1. The predicted molar refractivity (Wildman–Crippen MR) is 122 cm³/mol. The van der Waals surface area contributed by atoms with Crippen molar-refractivity contribution >= 4 is 21.8 Å². The standard InChI is InChI=1S/C23H32BrN3O3/c1-5-27(18-6-8-30-9-7-18)21-12-17(24)11-19(16(21)4)22(28)25-13-20-14(2)10-15(3)26-23(20)29/h10,12,18-19H,5-9,11,13H2,1-4H3,(H,25,28)(H,26,29). The van der Waals surface area contributed by atoms with Gasteiger partial charge in [-0.15, -0.1) is 0 Å². The largest absolute Gasteiger partial charge is 0.381 e. The SMILES string of the molecule is CCN(C1=C(C)C(C(=O)NCc2c(C)cc(C)[nH]c2=O)CC(Br)=C1)C1CCOCC1. The van der Waals surface area contributed by atoms with Gasteiger partial charge in [-0.1, -0.05) is 15.9 Å². The smallest absolute Gasteiger partial charge is 0.253 e. The molecule has 6 nitrogen and oxygen atoms in total. The minimum Gasteiger partial charge on any atom is -0.381 e. The van der Waals surface area contributed by atoms with Gasteiger partial charge in [-0.2, -0.15) is 0 Å². The maximum absolute atomic E-state index is 13.1. The Morgan fingerprint density at radius 3 is 2.63 bits per heavy atom. The number of aromatic nitrogens is 1. The average molecular weight is 478 g/mol. The Kier molecular flexibility index (Phi) is 7.58. The third-order valence-electron chi connectivity index (χ3n) is 6.15. The van der Waals surface area contributed by atoms with Crippen LogP contribution in [0.4, 0.5) is 0 Å². The fraction of sp³-hybridized carbons (Fsp3) is 0.565. The number of nitrogens with one attached hydrogen (secondary N) is 2. The summed E-state index contributed by atoms with van der Waals surface area (Å²) in [5.41, 5.74) is 4.40. The molecule has 1 saturated heterocycles. The fourth-order valence-electron chi connectivity index (χ4n) is 4.47. The van der Waals surface area contributed by atoms with Crippen molar-refractivity contribution in [1.29, 1.82) is 0 Å². The summed E-state index contributed by atoms with van der Waals surface area (Å²) < 4.78 is 6.56. The molecule has 164 valence electrons. The van der Waals surface area contributed by atoms with Crippen LogP contribution in [0.2, 0.25) is 0 Å². The molecular formula is C23H32BrN3O3. The quantitative estimate of drug-likeness (QED) is 0.654. The van der Waals surface area contributed by atoms with Gasteiger partial charge in [-0.3, -0.25) is 9.59 Å². The van der Waals surface area contributed by atoms with Crippen molar-refractivity contribution in [1.82, 2.24) is 15.2 Å². The van der Waals surface area contributed by atoms with Gasteiger partial charge < -0.3 is 19.9 Å². The lowest BCUT2D eigenvalue weighted by atomic mass is 9.88. The van der Waals surface area contributed by atoms with Crippen molar-refractivity contribution in [2.75, 3.05) is 19.8 Å². The van der Waals surface area contributed by atoms with Crippen LogP contribution in [0, 0.1) is 19.8 Å². The first-order valence-electron chi connectivity index (χ1n) is 10.7. The second kappa shape index (κ2) is 9.96. The topological polar surface area (TPSA) is 74.4 Å². The number of halogens is 1. The third-order valence-corrected chi connectivity index (χ3v) is 6.70. The van der Waals surface area contributed by atoms with Crippen LogP contribution >= 0.6 is 15.9 Å². The number of aryl methyl sites for hydroxylation is 2. The summed E-state index contributed by atoms with van der Waals surface area (Å²) in [4.78, 5) is 30.6. The Morgan fingerprint density at radius 1 is 1.30 bits per heavy atom. The van der Waals surface area contributed by atoms with E-state index in [9.17, 15) is 9.59 Å². The van der Waals surface area contributed by atoms with E-state index in [4.69, 9.17) is 4.74 Å². The van der Waals surface area contributed by atoms with Gasteiger partial charge >= 0.3 is 0 Å². The molecule has 0 radical (unpaired) electrons. The highest BCUT2D eigenvalue weighted by Gasteiger charge is 2.31. The molecule has 1 atom stereocenters. The fourth-order valence-corrected chi connectivity index (χ4v) is 5.01. The van der Waals surface area contributed by atoms with E-state index in [2.05, 4.69) is 51.1 Å². The average Bonchev–Trinajstić information content (AvgIpc) is 2.70. The lowest BCUT2D eigenvalue weighted by Crippen LogP contribution is -2.41. The normalized spacial score (nSPS) is 20.2. The number of pyridine rings is 1. The van der Waals surface area contributed by atoms with Gasteiger partial charge in [-0.05, 0) is 74.7 Å². The van der Waals surface area contributed by atoms with E-state index in [0.717, 1.165) is 59.6 Å². The highest BCUT2D eigenvalue weighted by Crippen LogP contribution is 2.35. The van der Waals surface area contributed by atoms with Gasteiger partial charge in [0.15, 0.2) is 0 Å². The summed E-state index contributed by atoms with van der Waals surface area (Å²) in [6.45, 7) is 10.7. The van der Waals surface area contributed by atoms with E-state index in [1.54, 1.807) is 0 Å².